The number of aromatic nitrogens is 2. The third-order valence-electron chi connectivity index (χ3n) is 3.97. The molecule has 0 fully saturated rings. The van der Waals surface area contributed by atoms with Crippen LogP contribution >= 0.6 is 0 Å². The van der Waals surface area contributed by atoms with Gasteiger partial charge in [-0.05, 0) is 44.2 Å². The molecule has 5 nitrogen and oxygen atoms in total. The summed E-state index contributed by atoms with van der Waals surface area (Å²) in [6, 6.07) is 10.1. The summed E-state index contributed by atoms with van der Waals surface area (Å²) in [5, 5.41) is 3.75. The molecule has 2 N–H and O–H groups in total. The molecule has 1 unspecified atom stereocenters. The summed E-state index contributed by atoms with van der Waals surface area (Å²) in [6.45, 7) is 2.34. The molecule has 0 aliphatic carbocycles. The van der Waals surface area contributed by atoms with Gasteiger partial charge in [0.05, 0.1) is 17.9 Å². The van der Waals surface area contributed by atoms with Crippen LogP contribution in [0.15, 0.2) is 42.6 Å². The minimum atomic E-state index is -4.40. The van der Waals surface area contributed by atoms with Crippen LogP contribution in [0.1, 0.15) is 34.7 Å². The van der Waals surface area contributed by atoms with E-state index >= 15 is 0 Å². The number of halogens is 3. The number of benzene rings is 1. The van der Waals surface area contributed by atoms with Crippen LogP contribution in [0.5, 0.6) is 5.75 Å². The van der Waals surface area contributed by atoms with Crippen LogP contribution in [0, 0.1) is 6.92 Å². The van der Waals surface area contributed by atoms with Crippen LogP contribution in [-0.4, -0.2) is 28.7 Å². The van der Waals surface area contributed by atoms with Gasteiger partial charge in [0.15, 0.2) is 6.61 Å². The van der Waals surface area contributed by atoms with E-state index in [2.05, 4.69) is 20.0 Å². The van der Waals surface area contributed by atoms with Crippen molar-refractivity contribution < 1.29 is 22.7 Å². The fourth-order valence-corrected chi connectivity index (χ4v) is 2.62. The zero-order valence-corrected chi connectivity index (χ0v) is 14.7. The Morgan fingerprint density at radius 2 is 2.04 bits per heavy atom. The van der Waals surface area contributed by atoms with Gasteiger partial charge in [-0.15, -0.1) is 0 Å². The Morgan fingerprint density at radius 3 is 2.70 bits per heavy atom. The number of nitrogens with one attached hydrogen (secondary N) is 2. The highest BCUT2D eigenvalue weighted by molar-refractivity contribution is 5.98. The van der Waals surface area contributed by atoms with Crippen molar-refractivity contribution in [2.24, 2.45) is 0 Å². The Balaban J connectivity index is 1.65. The van der Waals surface area contributed by atoms with Gasteiger partial charge in [0, 0.05) is 10.9 Å². The molecule has 0 aliphatic rings. The molecule has 0 bridgehead atoms. The number of fused-ring (bicyclic) bond motifs is 1. The Morgan fingerprint density at radius 1 is 1.26 bits per heavy atom. The first-order chi connectivity index (χ1) is 12.7. The summed E-state index contributed by atoms with van der Waals surface area (Å²) < 4.78 is 41.1. The fourth-order valence-electron chi connectivity index (χ4n) is 2.62. The molecule has 27 heavy (non-hydrogen) atoms. The molecule has 1 atom stereocenters. The molecule has 1 amide bonds. The normalized spacial score (nSPS) is 12.8. The summed E-state index contributed by atoms with van der Waals surface area (Å²) >= 11 is 0. The lowest BCUT2D eigenvalue weighted by Gasteiger charge is -2.14. The lowest BCUT2D eigenvalue weighted by Crippen LogP contribution is -2.27. The number of nitrogens with zero attached hydrogens (tertiary/aromatic N) is 1. The lowest BCUT2D eigenvalue weighted by atomic mass is 10.2. The molecule has 1 aromatic carbocycles. The van der Waals surface area contributed by atoms with Crippen LogP contribution < -0.4 is 10.1 Å². The van der Waals surface area contributed by atoms with E-state index in [1.165, 1.54) is 18.3 Å². The van der Waals surface area contributed by atoms with Crippen molar-refractivity contribution in [1.29, 1.82) is 0 Å². The maximum atomic E-state index is 12.4. The predicted octanol–water partition coefficient (Wildman–Crippen LogP) is 4.30. The molecular weight excluding hydrogens is 359 g/mol. The predicted molar refractivity (Wildman–Crippen MR) is 94.7 cm³/mol. The van der Waals surface area contributed by atoms with Gasteiger partial charge in [-0.2, -0.15) is 13.2 Å². The van der Waals surface area contributed by atoms with Crippen molar-refractivity contribution in [1.82, 2.24) is 15.3 Å². The average molecular weight is 377 g/mol. The number of pyridine rings is 1. The van der Waals surface area contributed by atoms with Gasteiger partial charge in [-0.3, -0.25) is 9.78 Å². The molecule has 2 aromatic heterocycles. The Hall–Kier alpha value is -3.03. The summed E-state index contributed by atoms with van der Waals surface area (Å²) in [5.41, 5.74) is 2.89. The number of rotatable bonds is 5. The quantitative estimate of drug-likeness (QED) is 0.697. The molecule has 3 rings (SSSR count). The largest absolute Gasteiger partial charge is 0.483 e. The summed E-state index contributed by atoms with van der Waals surface area (Å²) in [4.78, 5) is 19.6. The molecule has 0 radical (unpaired) electrons. The van der Waals surface area contributed by atoms with Crippen molar-refractivity contribution in [2.45, 2.75) is 26.1 Å². The molecular formula is C19H18F3N3O2. The Labute approximate surface area is 153 Å². The van der Waals surface area contributed by atoms with E-state index in [9.17, 15) is 18.0 Å². The highest BCUT2D eigenvalue weighted by Gasteiger charge is 2.28. The molecule has 2 heterocycles. The van der Waals surface area contributed by atoms with Gasteiger partial charge in [-0.1, -0.05) is 11.6 Å². The minimum absolute atomic E-state index is 0.0144. The van der Waals surface area contributed by atoms with Crippen LogP contribution in [0.3, 0.4) is 0 Å². The summed E-state index contributed by atoms with van der Waals surface area (Å²) in [5.74, 6) is -0.281. The van der Waals surface area contributed by atoms with Crippen molar-refractivity contribution >= 4 is 16.8 Å². The second-order valence-corrected chi connectivity index (χ2v) is 6.29. The smallest absolute Gasteiger partial charge is 0.422 e. The van der Waals surface area contributed by atoms with E-state index in [1.807, 2.05) is 25.1 Å². The Bertz CT molecular complexity index is 949. The second-order valence-electron chi connectivity index (χ2n) is 6.29. The number of amides is 1. The van der Waals surface area contributed by atoms with E-state index in [4.69, 9.17) is 0 Å². The van der Waals surface area contributed by atoms with Gasteiger partial charge in [0.1, 0.15) is 11.4 Å². The van der Waals surface area contributed by atoms with Gasteiger partial charge < -0.3 is 15.0 Å². The number of hydrogen-bond donors (Lipinski definition) is 2. The van der Waals surface area contributed by atoms with E-state index in [1.54, 1.807) is 13.0 Å². The number of ether oxygens (including phenoxy) is 1. The first kappa shape index (κ1) is 18.8. The Kier molecular flexibility index (Phi) is 5.07. The van der Waals surface area contributed by atoms with Gasteiger partial charge in [0.25, 0.3) is 5.91 Å². The van der Waals surface area contributed by atoms with E-state index in [0.29, 0.717) is 11.4 Å². The fraction of sp³-hybridized carbons (Fsp3) is 0.263. The SMILES string of the molecule is Cc1ccc2[nH]c(C(=O)NC(C)c3ccc(OCC(F)(F)F)cn3)cc2c1. The summed E-state index contributed by atoms with van der Waals surface area (Å²) in [7, 11) is 0. The average Bonchev–Trinajstić information content (AvgIpc) is 3.03. The third kappa shape index (κ3) is 4.78. The van der Waals surface area contributed by atoms with E-state index < -0.39 is 18.8 Å². The number of H-pyrrole nitrogens is 1. The number of alkyl halides is 3. The molecule has 8 heteroatoms. The highest BCUT2D eigenvalue weighted by Crippen LogP contribution is 2.20. The number of hydrogen-bond acceptors (Lipinski definition) is 3. The second kappa shape index (κ2) is 7.30. The van der Waals surface area contributed by atoms with Gasteiger partial charge in [0.2, 0.25) is 0 Å². The van der Waals surface area contributed by atoms with E-state index in [-0.39, 0.29) is 11.7 Å². The zero-order valence-electron chi connectivity index (χ0n) is 14.7. The first-order valence-corrected chi connectivity index (χ1v) is 8.27. The standard InChI is InChI=1S/C19H18F3N3O2/c1-11-3-5-16-13(7-11)8-17(25-16)18(26)24-12(2)15-6-4-14(9-23-15)27-10-19(20,21)22/h3-9,12,25H,10H2,1-2H3,(H,24,26). The maximum Gasteiger partial charge on any atom is 0.422 e. The molecule has 0 saturated heterocycles. The van der Waals surface area contributed by atoms with Crippen LogP contribution in [-0.2, 0) is 0 Å². The molecule has 0 saturated carbocycles. The van der Waals surface area contributed by atoms with Crippen LogP contribution in [0.2, 0.25) is 0 Å². The number of carbonyl (C=O) groups excluding carboxylic acids is 1. The van der Waals surface area contributed by atoms with E-state index in [0.717, 1.165) is 16.5 Å². The number of carbonyl (C=O) groups is 1. The monoisotopic (exact) mass is 377 g/mol. The third-order valence-corrected chi connectivity index (χ3v) is 3.97. The topological polar surface area (TPSA) is 67.0 Å². The zero-order chi connectivity index (χ0) is 19.6. The molecule has 0 spiro atoms. The summed E-state index contributed by atoms with van der Waals surface area (Å²) in [6.07, 6.45) is -3.20. The van der Waals surface area contributed by atoms with Crippen molar-refractivity contribution in [3.05, 3.63) is 59.5 Å². The molecule has 3 aromatic rings. The van der Waals surface area contributed by atoms with Gasteiger partial charge in [-0.25, -0.2) is 0 Å². The minimum Gasteiger partial charge on any atom is -0.483 e. The number of aryl methyl sites for hydroxylation is 1. The maximum absolute atomic E-state index is 12.4. The lowest BCUT2D eigenvalue weighted by molar-refractivity contribution is -0.153. The first-order valence-electron chi connectivity index (χ1n) is 8.27. The molecule has 142 valence electrons. The van der Waals surface area contributed by atoms with Crippen LogP contribution in [0.4, 0.5) is 13.2 Å². The van der Waals surface area contributed by atoms with Crippen molar-refractivity contribution in [3.63, 3.8) is 0 Å². The van der Waals surface area contributed by atoms with Crippen molar-refractivity contribution in [3.8, 4) is 5.75 Å². The molecule has 0 aliphatic heterocycles. The highest BCUT2D eigenvalue weighted by atomic mass is 19.4. The van der Waals surface area contributed by atoms with Crippen molar-refractivity contribution in [2.75, 3.05) is 6.61 Å². The van der Waals surface area contributed by atoms with Crippen LogP contribution in [0.25, 0.3) is 10.9 Å². The number of aromatic amines is 1. The van der Waals surface area contributed by atoms with Gasteiger partial charge >= 0.3 is 6.18 Å².